The first-order chi connectivity index (χ1) is 9.86. The van der Waals surface area contributed by atoms with Crippen LogP contribution in [-0.4, -0.2) is 35.6 Å². The van der Waals surface area contributed by atoms with Crippen molar-refractivity contribution in [1.29, 1.82) is 0 Å². The third-order valence-electron chi connectivity index (χ3n) is 3.07. The van der Waals surface area contributed by atoms with Gasteiger partial charge in [-0.3, -0.25) is 0 Å². The second kappa shape index (κ2) is 6.39. The van der Waals surface area contributed by atoms with Crippen LogP contribution in [0, 0.1) is 0 Å². The molecule has 2 aromatic rings. The quantitative estimate of drug-likeness (QED) is 0.873. The predicted octanol–water partition coefficient (Wildman–Crippen LogP) is 2.51. The Hall–Kier alpha value is -1.37. The second-order valence-electron chi connectivity index (χ2n) is 4.48. The normalized spacial score (nSPS) is 19.1. The van der Waals surface area contributed by atoms with E-state index in [0.717, 1.165) is 17.9 Å². The molecule has 1 N–H and O–H groups in total. The Morgan fingerprint density at radius 3 is 2.90 bits per heavy atom. The molecule has 0 bridgehead atoms. The summed E-state index contributed by atoms with van der Waals surface area (Å²) in [6.45, 7) is 4.40. The Kier molecular flexibility index (Phi) is 4.34. The molecule has 1 aromatic carbocycles. The average molecular weight is 291 g/mol. The van der Waals surface area contributed by atoms with Crippen molar-refractivity contribution in [3.05, 3.63) is 30.2 Å². The van der Waals surface area contributed by atoms with E-state index < -0.39 is 0 Å². The van der Waals surface area contributed by atoms with Crippen molar-refractivity contribution in [2.45, 2.75) is 17.9 Å². The molecule has 106 valence electrons. The highest BCUT2D eigenvalue weighted by atomic mass is 32.2. The topological polar surface area (TPSA) is 60.2 Å². The molecule has 20 heavy (non-hydrogen) atoms. The van der Waals surface area contributed by atoms with Gasteiger partial charge >= 0.3 is 0 Å². The van der Waals surface area contributed by atoms with E-state index in [2.05, 4.69) is 34.5 Å². The molecule has 5 nitrogen and oxygen atoms in total. The molecule has 0 spiro atoms. The minimum absolute atomic E-state index is 0.139. The van der Waals surface area contributed by atoms with Crippen LogP contribution in [0.1, 0.15) is 18.9 Å². The molecule has 6 heteroatoms. The average Bonchev–Trinajstić information content (AvgIpc) is 2.99. The molecule has 0 aliphatic carbocycles. The number of hydrogen-bond acceptors (Lipinski definition) is 6. The molecule has 1 aliphatic heterocycles. The molecule has 3 rings (SSSR count). The monoisotopic (exact) mass is 291 g/mol. The van der Waals surface area contributed by atoms with E-state index in [4.69, 9.17) is 9.26 Å². The van der Waals surface area contributed by atoms with Crippen LogP contribution in [0.2, 0.25) is 0 Å². The number of morpholine rings is 1. The molecular formula is C14H17N3O2S. The molecule has 0 amide bonds. The smallest absolute Gasteiger partial charge is 0.257 e. The van der Waals surface area contributed by atoms with Crippen molar-refractivity contribution < 1.29 is 9.26 Å². The lowest BCUT2D eigenvalue weighted by Gasteiger charge is -2.19. The number of hydrogen-bond donors (Lipinski definition) is 1. The maximum absolute atomic E-state index is 5.60. The number of nitrogens with one attached hydrogen (secondary N) is 1. The maximum Gasteiger partial charge on any atom is 0.257 e. The number of aromatic nitrogens is 2. The van der Waals surface area contributed by atoms with Crippen molar-refractivity contribution in [3.63, 3.8) is 0 Å². The fourth-order valence-corrected chi connectivity index (χ4v) is 2.74. The lowest BCUT2D eigenvalue weighted by Crippen LogP contribution is -2.33. The molecule has 1 aromatic heterocycles. The predicted molar refractivity (Wildman–Crippen MR) is 77.7 cm³/mol. The van der Waals surface area contributed by atoms with Crippen LogP contribution in [0.3, 0.4) is 0 Å². The first kappa shape index (κ1) is 13.6. The number of rotatable bonds is 4. The highest BCUT2D eigenvalue weighted by Gasteiger charge is 2.22. The fourth-order valence-electron chi connectivity index (χ4n) is 2.07. The lowest BCUT2D eigenvalue weighted by molar-refractivity contribution is 0.00755. The molecule has 1 saturated heterocycles. The van der Waals surface area contributed by atoms with Crippen LogP contribution in [0.15, 0.2) is 33.7 Å². The summed E-state index contributed by atoms with van der Waals surface area (Å²) in [6, 6.07) is 8.20. The highest BCUT2D eigenvalue weighted by molar-refractivity contribution is 7.99. The van der Waals surface area contributed by atoms with Gasteiger partial charge in [0.15, 0.2) is 0 Å². The fraction of sp³-hybridized carbons (Fsp3) is 0.429. The minimum Gasteiger partial charge on any atom is -0.366 e. The Balaban J connectivity index is 1.75. The van der Waals surface area contributed by atoms with Crippen LogP contribution in [-0.2, 0) is 4.74 Å². The van der Waals surface area contributed by atoms with Gasteiger partial charge in [0.05, 0.1) is 6.61 Å². The van der Waals surface area contributed by atoms with Crippen molar-refractivity contribution in [1.82, 2.24) is 15.5 Å². The van der Waals surface area contributed by atoms with Gasteiger partial charge in [0.1, 0.15) is 6.10 Å². The van der Waals surface area contributed by atoms with Gasteiger partial charge in [-0.2, -0.15) is 4.98 Å². The number of benzene rings is 1. The third-order valence-corrected chi connectivity index (χ3v) is 3.96. The molecule has 1 aliphatic rings. The minimum atomic E-state index is -0.139. The van der Waals surface area contributed by atoms with E-state index in [0.29, 0.717) is 24.9 Å². The Bertz CT molecular complexity index is 550. The van der Waals surface area contributed by atoms with Gasteiger partial charge in [0.2, 0.25) is 5.82 Å². The van der Waals surface area contributed by atoms with Gasteiger partial charge < -0.3 is 14.6 Å². The van der Waals surface area contributed by atoms with Crippen LogP contribution in [0.4, 0.5) is 0 Å². The van der Waals surface area contributed by atoms with Gasteiger partial charge in [-0.1, -0.05) is 12.1 Å². The van der Waals surface area contributed by atoms with E-state index in [-0.39, 0.29) is 6.10 Å². The van der Waals surface area contributed by atoms with Crippen molar-refractivity contribution in [3.8, 4) is 11.4 Å². The molecular weight excluding hydrogens is 274 g/mol. The van der Waals surface area contributed by atoms with E-state index in [9.17, 15) is 0 Å². The summed E-state index contributed by atoms with van der Waals surface area (Å²) >= 11 is 1.81. The Morgan fingerprint density at radius 1 is 1.35 bits per heavy atom. The zero-order chi connectivity index (χ0) is 13.8. The highest BCUT2D eigenvalue weighted by Crippen LogP contribution is 2.24. The number of nitrogens with zero attached hydrogens (tertiary/aromatic N) is 2. The van der Waals surface area contributed by atoms with Crippen molar-refractivity contribution in [2.24, 2.45) is 0 Å². The van der Waals surface area contributed by atoms with E-state index in [1.165, 1.54) is 4.90 Å². The van der Waals surface area contributed by atoms with Gasteiger partial charge in [-0.25, -0.2) is 0 Å². The number of ether oxygens (including phenoxy) is 1. The van der Waals surface area contributed by atoms with Crippen LogP contribution >= 0.6 is 11.8 Å². The van der Waals surface area contributed by atoms with Crippen LogP contribution < -0.4 is 5.32 Å². The standard InChI is InChI=1S/C14H17N3O2S/c1-2-20-11-5-3-10(4-6-11)13-16-14(19-17-13)12-9-15-7-8-18-12/h3-6,12,15H,2,7-9H2,1H3. The molecule has 0 radical (unpaired) electrons. The maximum atomic E-state index is 5.60. The molecule has 1 fully saturated rings. The Labute approximate surface area is 122 Å². The van der Waals surface area contributed by atoms with E-state index in [1.807, 2.05) is 23.9 Å². The van der Waals surface area contributed by atoms with Crippen molar-refractivity contribution in [2.75, 3.05) is 25.4 Å². The van der Waals surface area contributed by atoms with Crippen LogP contribution in [0.25, 0.3) is 11.4 Å². The van der Waals surface area contributed by atoms with Gasteiger partial charge in [0.25, 0.3) is 5.89 Å². The SMILES string of the molecule is CCSc1ccc(-c2noc(C3CNCCO3)n2)cc1. The summed E-state index contributed by atoms with van der Waals surface area (Å²) in [4.78, 5) is 5.68. The summed E-state index contributed by atoms with van der Waals surface area (Å²) in [5.41, 5.74) is 0.962. The summed E-state index contributed by atoms with van der Waals surface area (Å²) in [6.07, 6.45) is -0.139. The first-order valence-electron chi connectivity index (χ1n) is 6.76. The van der Waals surface area contributed by atoms with Gasteiger partial charge in [-0.05, 0) is 30.0 Å². The van der Waals surface area contributed by atoms with Crippen molar-refractivity contribution >= 4 is 11.8 Å². The van der Waals surface area contributed by atoms with Gasteiger partial charge in [0, 0.05) is 23.5 Å². The van der Waals surface area contributed by atoms with Gasteiger partial charge in [-0.15, -0.1) is 11.8 Å². The summed E-state index contributed by atoms with van der Waals surface area (Å²) in [7, 11) is 0. The lowest BCUT2D eigenvalue weighted by atomic mass is 10.2. The summed E-state index contributed by atoms with van der Waals surface area (Å²) in [5.74, 6) is 2.22. The summed E-state index contributed by atoms with van der Waals surface area (Å²) < 4.78 is 10.9. The zero-order valence-corrected chi connectivity index (χ0v) is 12.2. The first-order valence-corrected chi connectivity index (χ1v) is 7.74. The largest absolute Gasteiger partial charge is 0.366 e. The van der Waals surface area contributed by atoms with E-state index in [1.54, 1.807) is 0 Å². The third kappa shape index (κ3) is 3.03. The second-order valence-corrected chi connectivity index (χ2v) is 5.81. The molecule has 1 unspecified atom stereocenters. The zero-order valence-electron chi connectivity index (χ0n) is 11.3. The summed E-state index contributed by atoms with van der Waals surface area (Å²) in [5, 5.41) is 7.28. The van der Waals surface area contributed by atoms with Crippen LogP contribution in [0.5, 0.6) is 0 Å². The molecule has 0 saturated carbocycles. The molecule has 1 atom stereocenters. The Morgan fingerprint density at radius 2 is 2.20 bits per heavy atom. The molecule has 2 heterocycles. The number of thioether (sulfide) groups is 1. The van der Waals surface area contributed by atoms with E-state index >= 15 is 0 Å².